The van der Waals surface area contributed by atoms with Gasteiger partial charge in [-0.15, -0.1) is 0 Å². The molecule has 4 aromatic rings. The Bertz CT molecular complexity index is 1080. The minimum Gasteiger partial charge on any atom is -0.328 e. The number of pyridine rings is 2. The molecule has 24 heavy (non-hydrogen) atoms. The van der Waals surface area contributed by atoms with E-state index < -0.39 is 0 Å². The smallest absolute Gasteiger partial charge is 0.147 e. The number of hydrogen-bond acceptors (Lipinski definition) is 3. The Hall–Kier alpha value is -2.53. The molecule has 120 valence electrons. The summed E-state index contributed by atoms with van der Waals surface area (Å²) in [6, 6.07) is 14.2. The highest BCUT2D eigenvalue weighted by Gasteiger charge is 2.15. The molecule has 5 heteroatoms. The molecular weight excluding hydrogens is 316 g/mol. The average Bonchev–Trinajstić information content (AvgIpc) is 3.00. The molecule has 0 aliphatic heterocycles. The number of para-hydroxylation sites is 1. The molecule has 0 bridgehead atoms. The monoisotopic (exact) mass is 334 g/mol. The van der Waals surface area contributed by atoms with E-state index in [4.69, 9.17) is 12.2 Å². The molecule has 0 aliphatic rings. The first kappa shape index (κ1) is 15.0. The Balaban J connectivity index is 2.17. The van der Waals surface area contributed by atoms with E-state index >= 15 is 0 Å². The molecule has 0 saturated heterocycles. The van der Waals surface area contributed by atoms with Crippen molar-refractivity contribution in [1.29, 1.82) is 0 Å². The fraction of sp³-hybridized carbons (Fsp3) is 0.211. The zero-order valence-electron chi connectivity index (χ0n) is 13.7. The normalized spacial score (nSPS) is 11.6. The van der Waals surface area contributed by atoms with Gasteiger partial charge in [0.2, 0.25) is 0 Å². The maximum atomic E-state index is 5.86. The van der Waals surface area contributed by atoms with E-state index in [0.29, 0.717) is 5.92 Å². The number of aromatic nitrogens is 4. The Morgan fingerprint density at radius 3 is 2.58 bits per heavy atom. The molecule has 0 radical (unpaired) electrons. The van der Waals surface area contributed by atoms with Crippen LogP contribution in [0, 0.1) is 10.6 Å². The summed E-state index contributed by atoms with van der Waals surface area (Å²) < 4.78 is 4.96. The van der Waals surface area contributed by atoms with Crippen LogP contribution in [0.3, 0.4) is 0 Å². The lowest BCUT2D eigenvalue weighted by atomic mass is 10.2. The highest BCUT2D eigenvalue weighted by atomic mass is 32.1. The van der Waals surface area contributed by atoms with Gasteiger partial charge in [0.15, 0.2) is 0 Å². The van der Waals surface area contributed by atoms with Crippen molar-refractivity contribution in [1.82, 2.24) is 19.1 Å². The molecule has 0 unspecified atom stereocenters. The van der Waals surface area contributed by atoms with Gasteiger partial charge in [-0.05, 0) is 30.2 Å². The SMILES string of the molecule is CC(C)Cn1cnc2c3cccnc3n(-c3ccccc3)c(=S)c21. The third-order valence-corrected chi connectivity index (χ3v) is 4.45. The zero-order chi connectivity index (χ0) is 16.7. The van der Waals surface area contributed by atoms with E-state index in [1.54, 1.807) is 6.20 Å². The lowest BCUT2D eigenvalue weighted by Crippen LogP contribution is -2.07. The van der Waals surface area contributed by atoms with Crippen LogP contribution >= 0.6 is 12.2 Å². The maximum absolute atomic E-state index is 5.86. The van der Waals surface area contributed by atoms with E-state index in [1.165, 1.54) is 0 Å². The van der Waals surface area contributed by atoms with Crippen LogP contribution < -0.4 is 0 Å². The van der Waals surface area contributed by atoms with Crippen LogP contribution in [0.25, 0.3) is 27.8 Å². The van der Waals surface area contributed by atoms with Gasteiger partial charge < -0.3 is 4.57 Å². The van der Waals surface area contributed by atoms with Crippen LogP contribution in [0.1, 0.15) is 13.8 Å². The molecule has 3 heterocycles. The van der Waals surface area contributed by atoms with Crippen LogP contribution in [0.15, 0.2) is 55.0 Å². The first-order valence-electron chi connectivity index (χ1n) is 8.07. The van der Waals surface area contributed by atoms with Crippen LogP contribution in [0.4, 0.5) is 0 Å². The van der Waals surface area contributed by atoms with E-state index in [1.807, 2.05) is 35.2 Å². The molecule has 1 aromatic carbocycles. The fourth-order valence-corrected chi connectivity index (χ4v) is 3.52. The molecule has 0 N–H and O–H groups in total. The molecule has 4 nitrogen and oxygen atoms in total. The van der Waals surface area contributed by atoms with Gasteiger partial charge in [-0.3, -0.25) is 4.57 Å². The Kier molecular flexibility index (Phi) is 3.65. The first-order chi connectivity index (χ1) is 11.7. The van der Waals surface area contributed by atoms with E-state index in [0.717, 1.165) is 38.9 Å². The van der Waals surface area contributed by atoms with Crippen molar-refractivity contribution in [2.75, 3.05) is 0 Å². The molecule has 0 amide bonds. The molecule has 0 fully saturated rings. The maximum Gasteiger partial charge on any atom is 0.147 e. The number of nitrogens with zero attached hydrogens (tertiary/aromatic N) is 4. The summed E-state index contributed by atoms with van der Waals surface area (Å²) >= 11 is 5.86. The average molecular weight is 334 g/mol. The summed E-state index contributed by atoms with van der Waals surface area (Å²) in [5, 5.41) is 1.02. The lowest BCUT2D eigenvalue weighted by molar-refractivity contribution is 0.532. The predicted octanol–water partition coefficient (Wildman–Crippen LogP) is 4.76. The van der Waals surface area contributed by atoms with Crippen molar-refractivity contribution >= 4 is 34.3 Å². The van der Waals surface area contributed by atoms with Crippen molar-refractivity contribution in [2.24, 2.45) is 5.92 Å². The Morgan fingerprint density at radius 1 is 1.04 bits per heavy atom. The van der Waals surface area contributed by atoms with Gasteiger partial charge in [0.1, 0.15) is 21.3 Å². The summed E-state index contributed by atoms with van der Waals surface area (Å²) in [7, 11) is 0. The second kappa shape index (κ2) is 5.83. The minimum atomic E-state index is 0.520. The van der Waals surface area contributed by atoms with Crippen LogP contribution in [-0.4, -0.2) is 19.1 Å². The molecular formula is C19H18N4S. The van der Waals surface area contributed by atoms with Crippen molar-refractivity contribution in [2.45, 2.75) is 20.4 Å². The quantitative estimate of drug-likeness (QED) is 0.507. The number of rotatable bonds is 3. The van der Waals surface area contributed by atoms with Crippen LogP contribution in [0.2, 0.25) is 0 Å². The van der Waals surface area contributed by atoms with Gasteiger partial charge in [-0.1, -0.05) is 44.3 Å². The van der Waals surface area contributed by atoms with Crippen molar-refractivity contribution in [3.05, 3.63) is 59.6 Å². The van der Waals surface area contributed by atoms with E-state index in [9.17, 15) is 0 Å². The summed E-state index contributed by atoms with van der Waals surface area (Å²) in [5.74, 6) is 0.520. The zero-order valence-corrected chi connectivity index (χ0v) is 14.5. The van der Waals surface area contributed by atoms with Crippen LogP contribution in [-0.2, 0) is 6.54 Å². The standard InChI is InChI=1S/C19H18N4S/c1-13(2)11-22-12-21-16-15-9-6-10-20-18(15)23(19(24)17(16)22)14-7-4-3-5-8-14/h3-10,12-13H,11H2,1-2H3. The van der Waals surface area contributed by atoms with Gasteiger partial charge in [0.25, 0.3) is 0 Å². The number of fused-ring (bicyclic) bond motifs is 3. The highest BCUT2D eigenvalue weighted by molar-refractivity contribution is 7.71. The van der Waals surface area contributed by atoms with Crippen molar-refractivity contribution in [3.8, 4) is 5.69 Å². The molecule has 4 rings (SSSR count). The summed E-state index contributed by atoms with van der Waals surface area (Å²) in [4.78, 5) is 9.22. The predicted molar refractivity (Wildman–Crippen MR) is 100 cm³/mol. The minimum absolute atomic E-state index is 0.520. The number of hydrogen-bond donors (Lipinski definition) is 0. The van der Waals surface area contributed by atoms with Crippen molar-refractivity contribution in [3.63, 3.8) is 0 Å². The topological polar surface area (TPSA) is 35.6 Å². The lowest BCUT2D eigenvalue weighted by Gasteiger charge is -2.14. The molecule has 0 aliphatic carbocycles. The van der Waals surface area contributed by atoms with Gasteiger partial charge in [0.05, 0.1) is 6.33 Å². The number of benzene rings is 1. The Morgan fingerprint density at radius 2 is 1.83 bits per heavy atom. The van der Waals surface area contributed by atoms with Crippen molar-refractivity contribution < 1.29 is 0 Å². The van der Waals surface area contributed by atoms with Crippen LogP contribution in [0.5, 0.6) is 0 Å². The second-order valence-electron chi connectivity index (χ2n) is 6.34. The van der Waals surface area contributed by atoms with E-state index in [2.05, 4.69) is 46.6 Å². The summed E-state index contributed by atoms with van der Waals surface area (Å²) in [6.45, 7) is 5.28. The molecule has 0 atom stereocenters. The first-order valence-corrected chi connectivity index (χ1v) is 8.47. The van der Waals surface area contributed by atoms with Gasteiger partial charge in [-0.2, -0.15) is 0 Å². The second-order valence-corrected chi connectivity index (χ2v) is 6.73. The van der Waals surface area contributed by atoms with Gasteiger partial charge in [0, 0.05) is 23.8 Å². The highest BCUT2D eigenvalue weighted by Crippen LogP contribution is 2.27. The molecule has 3 aromatic heterocycles. The summed E-state index contributed by atoms with van der Waals surface area (Å²) in [6.07, 6.45) is 3.69. The largest absolute Gasteiger partial charge is 0.328 e. The summed E-state index contributed by atoms with van der Waals surface area (Å²) in [5.41, 5.74) is 3.79. The van der Waals surface area contributed by atoms with Gasteiger partial charge >= 0.3 is 0 Å². The van der Waals surface area contributed by atoms with E-state index in [-0.39, 0.29) is 0 Å². The third kappa shape index (κ3) is 2.32. The molecule has 0 spiro atoms. The van der Waals surface area contributed by atoms with Gasteiger partial charge in [-0.25, -0.2) is 9.97 Å². The third-order valence-electron chi connectivity index (χ3n) is 4.07. The fourth-order valence-electron chi connectivity index (χ4n) is 3.11. The Labute approximate surface area is 145 Å². The number of imidazole rings is 1. The molecule has 0 saturated carbocycles.